The van der Waals surface area contributed by atoms with Gasteiger partial charge in [-0.1, -0.05) is 6.07 Å². The van der Waals surface area contributed by atoms with Gasteiger partial charge in [-0.2, -0.15) is 0 Å². The van der Waals surface area contributed by atoms with Crippen LogP contribution >= 0.6 is 0 Å². The highest BCUT2D eigenvalue weighted by Crippen LogP contribution is 2.25. The lowest BCUT2D eigenvalue weighted by Crippen LogP contribution is -2.18. The number of anilines is 1. The fourth-order valence-electron chi connectivity index (χ4n) is 1.78. The molecule has 2 N–H and O–H groups in total. The van der Waals surface area contributed by atoms with Crippen molar-refractivity contribution in [1.29, 1.82) is 0 Å². The summed E-state index contributed by atoms with van der Waals surface area (Å²) in [7, 11) is -2.89. The first kappa shape index (κ1) is 11.3. The van der Waals surface area contributed by atoms with Crippen molar-refractivity contribution in [3.63, 3.8) is 0 Å². The molecule has 5 heteroatoms. The molecule has 4 nitrogen and oxygen atoms in total. The van der Waals surface area contributed by atoms with Gasteiger partial charge in [0.05, 0.1) is 11.5 Å². The molecule has 0 amide bonds. The number of nitrogen functional groups attached to an aromatic ring is 1. The van der Waals surface area contributed by atoms with Crippen LogP contribution in [0.3, 0.4) is 0 Å². The minimum absolute atomic E-state index is 0.112. The molecule has 0 aliphatic carbocycles. The predicted octanol–water partition coefficient (Wildman–Crippen LogP) is 1.14. The van der Waals surface area contributed by atoms with Crippen molar-refractivity contribution in [2.75, 3.05) is 17.2 Å². The molecule has 16 heavy (non-hydrogen) atoms. The minimum atomic E-state index is -2.89. The average molecular weight is 241 g/mol. The summed E-state index contributed by atoms with van der Waals surface area (Å²) in [6.07, 6.45) is 0.335. The first-order chi connectivity index (χ1) is 7.46. The second-order valence-corrected chi connectivity index (χ2v) is 6.40. The van der Waals surface area contributed by atoms with Gasteiger partial charge in [-0.05, 0) is 25.0 Å². The number of nitrogens with two attached hydrogens (primary N) is 1. The van der Waals surface area contributed by atoms with E-state index in [4.69, 9.17) is 10.5 Å². The monoisotopic (exact) mass is 241 g/mol. The van der Waals surface area contributed by atoms with Crippen LogP contribution in [0.15, 0.2) is 18.2 Å². The lowest BCUT2D eigenvalue weighted by Gasteiger charge is -2.14. The Kier molecular flexibility index (Phi) is 2.80. The van der Waals surface area contributed by atoms with Crippen LogP contribution in [-0.2, 0) is 9.84 Å². The first-order valence-electron chi connectivity index (χ1n) is 5.19. The van der Waals surface area contributed by atoms with Gasteiger partial charge < -0.3 is 10.5 Å². The highest BCUT2D eigenvalue weighted by Gasteiger charge is 2.29. The third-order valence-electron chi connectivity index (χ3n) is 2.70. The molecule has 1 fully saturated rings. The van der Waals surface area contributed by atoms with Gasteiger partial charge in [0.1, 0.15) is 11.9 Å². The fourth-order valence-corrected chi connectivity index (χ4v) is 3.37. The maximum Gasteiger partial charge on any atom is 0.154 e. The summed E-state index contributed by atoms with van der Waals surface area (Å²) < 4.78 is 28.2. The summed E-state index contributed by atoms with van der Waals surface area (Å²) in [5.74, 6) is 1.02. The second-order valence-electron chi connectivity index (χ2n) is 4.17. The second kappa shape index (κ2) is 3.97. The number of ether oxygens (including phenoxy) is 1. The molecule has 0 radical (unpaired) electrons. The summed E-state index contributed by atoms with van der Waals surface area (Å²) >= 11 is 0. The van der Waals surface area contributed by atoms with E-state index in [0.29, 0.717) is 17.9 Å². The zero-order chi connectivity index (χ0) is 11.8. The normalized spacial score (nSPS) is 23.2. The largest absolute Gasteiger partial charge is 0.489 e. The molecule has 1 aromatic carbocycles. The Bertz CT molecular complexity index is 496. The lowest BCUT2D eigenvalue weighted by molar-refractivity contribution is 0.227. The quantitative estimate of drug-likeness (QED) is 0.788. The molecule has 1 aliphatic rings. The van der Waals surface area contributed by atoms with Crippen LogP contribution in [0.4, 0.5) is 5.69 Å². The summed E-state index contributed by atoms with van der Waals surface area (Å²) in [5, 5.41) is 0. The Morgan fingerprint density at radius 2 is 2.19 bits per heavy atom. The van der Waals surface area contributed by atoms with Crippen LogP contribution in [-0.4, -0.2) is 26.0 Å². The van der Waals surface area contributed by atoms with E-state index in [1.54, 1.807) is 12.1 Å². The van der Waals surface area contributed by atoms with Crippen molar-refractivity contribution in [1.82, 2.24) is 0 Å². The van der Waals surface area contributed by atoms with Gasteiger partial charge in [0.25, 0.3) is 0 Å². The SMILES string of the molecule is Cc1ccc(N)cc1OC1CCS(=O)(=O)C1. The molecule has 1 atom stereocenters. The van der Waals surface area contributed by atoms with Gasteiger partial charge in [0.2, 0.25) is 0 Å². The third-order valence-corrected chi connectivity index (χ3v) is 4.43. The zero-order valence-electron chi connectivity index (χ0n) is 9.14. The molecule has 0 aromatic heterocycles. The molecule has 1 saturated heterocycles. The van der Waals surface area contributed by atoms with Crippen LogP contribution < -0.4 is 10.5 Å². The number of aryl methyl sites for hydroxylation is 1. The van der Waals surface area contributed by atoms with E-state index in [9.17, 15) is 8.42 Å². The summed E-state index contributed by atoms with van der Waals surface area (Å²) in [5.41, 5.74) is 7.25. The van der Waals surface area contributed by atoms with Crippen molar-refractivity contribution >= 4 is 15.5 Å². The molecule has 0 saturated carbocycles. The van der Waals surface area contributed by atoms with Gasteiger partial charge >= 0.3 is 0 Å². The molecule has 0 spiro atoms. The van der Waals surface area contributed by atoms with Gasteiger partial charge in [0, 0.05) is 11.8 Å². The van der Waals surface area contributed by atoms with Crippen LogP contribution in [0.1, 0.15) is 12.0 Å². The van der Waals surface area contributed by atoms with E-state index in [0.717, 1.165) is 5.56 Å². The Labute approximate surface area is 95.3 Å². The van der Waals surface area contributed by atoms with Crippen LogP contribution in [0.2, 0.25) is 0 Å². The Morgan fingerprint density at radius 3 is 2.81 bits per heavy atom. The Hall–Kier alpha value is -1.23. The van der Waals surface area contributed by atoms with Gasteiger partial charge in [-0.25, -0.2) is 8.42 Å². The predicted molar refractivity (Wildman–Crippen MR) is 63.3 cm³/mol. The molecule has 1 unspecified atom stereocenters. The molecular formula is C11H15NO3S. The van der Waals surface area contributed by atoms with Gasteiger partial charge in [-0.15, -0.1) is 0 Å². The maximum absolute atomic E-state index is 11.3. The number of benzene rings is 1. The third kappa shape index (κ3) is 2.47. The summed E-state index contributed by atoms with van der Waals surface area (Å²) in [6.45, 7) is 1.91. The molecule has 0 bridgehead atoms. The van der Waals surface area contributed by atoms with Crippen molar-refractivity contribution in [3.8, 4) is 5.75 Å². The Morgan fingerprint density at radius 1 is 1.44 bits per heavy atom. The van der Waals surface area contributed by atoms with Crippen LogP contribution in [0.5, 0.6) is 5.75 Å². The van der Waals surface area contributed by atoms with E-state index >= 15 is 0 Å². The number of rotatable bonds is 2. The van der Waals surface area contributed by atoms with E-state index in [1.165, 1.54) is 0 Å². The Balaban J connectivity index is 2.13. The molecule has 1 heterocycles. The van der Waals surface area contributed by atoms with E-state index < -0.39 is 9.84 Å². The number of hydrogen-bond acceptors (Lipinski definition) is 4. The zero-order valence-corrected chi connectivity index (χ0v) is 9.96. The van der Waals surface area contributed by atoms with Crippen LogP contribution in [0.25, 0.3) is 0 Å². The highest BCUT2D eigenvalue weighted by atomic mass is 32.2. The van der Waals surface area contributed by atoms with E-state index in [-0.39, 0.29) is 17.6 Å². The van der Waals surface area contributed by atoms with E-state index in [2.05, 4.69) is 0 Å². The fraction of sp³-hybridized carbons (Fsp3) is 0.455. The van der Waals surface area contributed by atoms with Gasteiger partial charge in [0.15, 0.2) is 9.84 Å². The molecule has 1 aliphatic heterocycles. The van der Waals surface area contributed by atoms with Gasteiger partial charge in [-0.3, -0.25) is 0 Å². The van der Waals surface area contributed by atoms with E-state index in [1.807, 2.05) is 13.0 Å². The van der Waals surface area contributed by atoms with Crippen molar-refractivity contribution < 1.29 is 13.2 Å². The summed E-state index contributed by atoms with van der Waals surface area (Å²) in [6, 6.07) is 5.40. The van der Waals surface area contributed by atoms with Crippen LogP contribution in [0, 0.1) is 6.92 Å². The molecular weight excluding hydrogens is 226 g/mol. The summed E-state index contributed by atoms with van der Waals surface area (Å²) in [4.78, 5) is 0. The lowest BCUT2D eigenvalue weighted by atomic mass is 10.2. The number of hydrogen-bond donors (Lipinski definition) is 1. The van der Waals surface area contributed by atoms with Crippen molar-refractivity contribution in [2.45, 2.75) is 19.4 Å². The van der Waals surface area contributed by atoms with Crippen molar-refractivity contribution in [2.24, 2.45) is 0 Å². The topological polar surface area (TPSA) is 69.4 Å². The highest BCUT2D eigenvalue weighted by molar-refractivity contribution is 7.91. The first-order valence-corrected chi connectivity index (χ1v) is 7.02. The molecule has 1 aromatic rings. The molecule has 88 valence electrons. The average Bonchev–Trinajstić information content (AvgIpc) is 2.52. The standard InChI is InChI=1S/C11H15NO3S/c1-8-2-3-9(12)6-11(8)15-10-4-5-16(13,14)7-10/h2-3,6,10H,4-5,7,12H2,1H3. The molecule has 2 rings (SSSR count). The number of sulfone groups is 1. The van der Waals surface area contributed by atoms with Crippen molar-refractivity contribution in [3.05, 3.63) is 23.8 Å². The minimum Gasteiger partial charge on any atom is -0.489 e. The maximum atomic E-state index is 11.3. The smallest absolute Gasteiger partial charge is 0.154 e.